The van der Waals surface area contributed by atoms with Gasteiger partial charge < -0.3 is 28.9 Å². The van der Waals surface area contributed by atoms with Gasteiger partial charge >= 0.3 is 11.9 Å². The van der Waals surface area contributed by atoms with Crippen LogP contribution in [0.4, 0.5) is 0 Å². The Morgan fingerprint density at radius 1 is 0.627 bits per heavy atom. The molecule has 2 aliphatic rings. The van der Waals surface area contributed by atoms with Gasteiger partial charge in [-0.15, -0.1) is 0 Å². The number of esters is 1. The zero-order valence-electron chi connectivity index (χ0n) is 46.1. The SMILES string of the molecule is CCCCC[C@@H](/C=C/[C@@H]1[C@@H](C/C=C\CCCC(=O)O)[C@@H](O)C[C@H]1C)O[Si](C)(C)C(C)(C)C.CCCCC[C@@H](/C=C/[C@@H]1[C@@H](C/C=C\CCCC(=O)OC(C)C)[C@@H](O)C[C@H]1C)O[Si](C)(C)C(C)(C)C. The van der Waals surface area contributed by atoms with E-state index in [-0.39, 0.29) is 64.8 Å². The third-order valence-electron chi connectivity index (χ3n) is 15.3. The van der Waals surface area contributed by atoms with Crippen LogP contribution < -0.4 is 0 Å². The summed E-state index contributed by atoms with van der Waals surface area (Å²) in [4.78, 5) is 22.3. The maximum absolute atomic E-state index is 11.7. The fourth-order valence-electron chi connectivity index (χ4n) is 9.07. The van der Waals surface area contributed by atoms with E-state index >= 15 is 0 Å². The van der Waals surface area contributed by atoms with Gasteiger partial charge in [-0.3, -0.25) is 9.59 Å². The van der Waals surface area contributed by atoms with Gasteiger partial charge in [-0.25, -0.2) is 0 Å². The van der Waals surface area contributed by atoms with Crippen molar-refractivity contribution < 1.29 is 38.5 Å². The van der Waals surface area contributed by atoms with Crippen molar-refractivity contribution in [1.82, 2.24) is 0 Å². The highest BCUT2D eigenvalue weighted by molar-refractivity contribution is 6.74. The fourth-order valence-corrected chi connectivity index (χ4v) is 11.7. The second-order valence-corrected chi connectivity index (χ2v) is 33.3. The second-order valence-electron chi connectivity index (χ2n) is 23.8. The van der Waals surface area contributed by atoms with Gasteiger partial charge in [-0.05, 0) is 150 Å². The van der Waals surface area contributed by atoms with Crippen LogP contribution in [0, 0.1) is 35.5 Å². The summed E-state index contributed by atoms with van der Waals surface area (Å²) in [7, 11) is -3.70. The number of hydrogen-bond donors (Lipinski definition) is 3. The Hall–Kier alpha value is -1.83. The predicted octanol–water partition coefficient (Wildman–Crippen LogP) is 15.6. The number of carboxylic acids is 1. The summed E-state index contributed by atoms with van der Waals surface area (Å²) in [5.74, 6) is 1.25. The number of aliphatic hydroxyl groups excluding tert-OH is 2. The predicted molar refractivity (Wildman–Crippen MR) is 288 cm³/mol. The van der Waals surface area contributed by atoms with E-state index in [1.54, 1.807) is 0 Å². The van der Waals surface area contributed by atoms with Crippen molar-refractivity contribution in [3.8, 4) is 0 Å². The Labute approximate surface area is 414 Å². The van der Waals surface area contributed by atoms with Crippen molar-refractivity contribution in [3.63, 3.8) is 0 Å². The van der Waals surface area contributed by atoms with Crippen molar-refractivity contribution in [1.29, 1.82) is 0 Å². The number of carbonyl (C=O) groups is 2. The topological polar surface area (TPSA) is 123 Å². The number of ether oxygens (including phenoxy) is 1. The van der Waals surface area contributed by atoms with Crippen LogP contribution >= 0.6 is 0 Å². The standard InChI is InChI=1S/C30H56O4Si.C27H50O4Si/c1-10-11-14-17-25(34-35(8,9)30(5,6)7)20-21-26-24(4)22-28(31)27(26)18-15-12-13-16-19-29(32)33-23(2)3;1-8-9-12-15-22(31-32(6,7)27(3,4)5)18-19-23-21(2)20-25(28)24(23)16-13-10-11-14-17-26(29)30/h12,15,20-21,23-28,31H,10-11,13-14,16-19,22H2,1-9H3;10,13,18-19,21-25,28H,8-9,11-12,14-17,20H2,1-7H3,(H,29,30)/b15-12-,21-20+;13-10-,19-18+/t24-,25+,26+,27-,28+;21-,22+,23+,24-,25+/m11/s1. The van der Waals surface area contributed by atoms with Gasteiger partial charge in [0.1, 0.15) is 0 Å². The third kappa shape index (κ3) is 24.7. The van der Waals surface area contributed by atoms with Crippen LogP contribution in [0.3, 0.4) is 0 Å². The first-order valence-electron chi connectivity index (χ1n) is 27.0. The number of carbonyl (C=O) groups excluding carboxylic acids is 1. The lowest BCUT2D eigenvalue weighted by Gasteiger charge is -2.39. The number of unbranched alkanes of at least 4 members (excludes halogenated alkanes) is 6. The molecule has 0 aromatic rings. The van der Waals surface area contributed by atoms with E-state index in [1.165, 1.54) is 38.5 Å². The first-order chi connectivity index (χ1) is 31.2. The first-order valence-corrected chi connectivity index (χ1v) is 32.8. The average molecular weight is 976 g/mol. The molecule has 67 heavy (non-hydrogen) atoms. The van der Waals surface area contributed by atoms with E-state index in [4.69, 9.17) is 18.7 Å². The van der Waals surface area contributed by atoms with Gasteiger partial charge in [0, 0.05) is 12.8 Å². The molecule has 0 saturated heterocycles. The molecule has 2 rings (SSSR count). The Bertz CT molecular complexity index is 1490. The number of carboxylic acid groups (broad SMARTS) is 1. The van der Waals surface area contributed by atoms with Gasteiger partial charge in [0.05, 0.1) is 30.5 Å². The van der Waals surface area contributed by atoms with E-state index in [0.717, 1.165) is 57.8 Å². The van der Waals surface area contributed by atoms with Gasteiger partial charge in [-0.1, -0.05) is 156 Å². The minimum atomic E-state index is -1.85. The molecule has 0 bridgehead atoms. The molecule has 10 heteroatoms. The van der Waals surface area contributed by atoms with Gasteiger partial charge in [-0.2, -0.15) is 0 Å². The summed E-state index contributed by atoms with van der Waals surface area (Å²) in [6.07, 6.45) is 34.3. The molecule has 10 atom stereocenters. The van der Waals surface area contributed by atoms with E-state index in [0.29, 0.717) is 36.5 Å². The van der Waals surface area contributed by atoms with Gasteiger partial charge in [0.15, 0.2) is 16.6 Å². The molecule has 0 radical (unpaired) electrons. The third-order valence-corrected chi connectivity index (χ3v) is 24.3. The van der Waals surface area contributed by atoms with E-state index in [2.05, 4.69) is 144 Å². The second kappa shape index (κ2) is 31.5. The van der Waals surface area contributed by atoms with Crippen LogP contribution in [0.15, 0.2) is 48.6 Å². The molecule has 8 nitrogen and oxygen atoms in total. The quantitative estimate of drug-likeness (QED) is 0.0293. The van der Waals surface area contributed by atoms with Crippen LogP contribution in [0.25, 0.3) is 0 Å². The minimum Gasteiger partial charge on any atom is -0.481 e. The molecule has 0 heterocycles. The highest BCUT2D eigenvalue weighted by atomic mass is 28.4. The lowest BCUT2D eigenvalue weighted by Crippen LogP contribution is -2.43. The summed E-state index contributed by atoms with van der Waals surface area (Å²) in [5.41, 5.74) is 0. The van der Waals surface area contributed by atoms with Crippen LogP contribution in [0.1, 0.15) is 199 Å². The Kier molecular flexibility index (Phi) is 29.7. The van der Waals surface area contributed by atoms with E-state index < -0.39 is 22.6 Å². The summed E-state index contributed by atoms with van der Waals surface area (Å²) in [6.45, 7) is 35.9. The normalized spacial score (nSPS) is 25.2. The molecule has 0 aromatic heterocycles. The van der Waals surface area contributed by atoms with E-state index in [9.17, 15) is 19.8 Å². The van der Waals surface area contributed by atoms with Crippen molar-refractivity contribution >= 4 is 28.6 Å². The van der Waals surface area contributed by atoms with Crippen molar-refractivity contribution in [2.45, 2.75) is 265 Å². The maximum Gasteiger partial charge on any atom is 0.306 e. The molecular formula is C57H106O8Si2. The maximum atomic E-state index is 11.7. The van der Waals surface area contributed by atoms with Crippen molar-refractivity contribution in [2.75, 3.05) is 0 Å². The molecule has 2 fully saturated rings. The highest BCUT2D eigenvalue weighted by Gasteiger charge is 2.42. The summed E-state index contributed by atoms with van der Waals surface area (Å²) >= 11 is 0. The van der Waals surface area contributed by atoms with Crippen LogP contribution in [-0.2, 0) is 23.2 Å². The van der Waals surface area contributed by atoms with Crippen molar-refractivity contribution in [3.05, 3.63) is 48.6 Å². The fraction of sp³-hybridized carbons (Fsp3) is 0.825. The van der Waals surface area contributed by atoms with Crippen LogP contribution in [-0.4, -0.2) is 74.4 Å². The monoisotopic (exact) mass is 975 g/mol. The smallest absolute Gasteiger partial charge is 0.306 e. The molecule has 3 N–H and O–H groups in total. The first kappa shape index (κ1) is 63.2. The average Bonchev–Trinajstić information content (AvgIpc) is 3.63. The molecule has 0 aliphatic heterocycles. The number of allylic oxidation sites excluding steroid dienone is 6. The molecule has 0 spiro atoms. The molecule has 2 saturated carbocycles. The van der Waals surface area contributed by atoms with Crippen LogP contribution in [0.2, 0.25) is 36.3 Å². The lowest BCUT2D eigenvalue weighted by atomic mass is 9.86. The molecule has 0 unspecified atom stereocenters. The molecule has 0 aromatic carbocycles. The summed E-state index contributed by atoms with van der Waals surface area (Å²) < 4.78 is 18.8. The zero-order chi connectivity index (χ0) is 51.0. The summed E-state index contributed by atoms with van der Waals surface area (Å²) in [5, 5.41) is 30.6. The number of aliphatic hydroxyl groups is 2. The molecular weight excluding hydrogens is 869 g/mol. The van der Waals surface area contributed by atoms with Crippen molar-refractivity contribution in [2.24, 2.45) is 35.5 Å². The molecule has 2 aliphatic carbocycles. The minimum absolute atomic E-state index is 0.0487. The Morgan fingerprint density at radius 2 is 1.01 bits per heavy atom. The number of hydrogen-bond acceptors (Lipinski definition) is 7. The molecule has 0 amide bonds. The van der Waals surface area contributed by atoms with Gasteiger partial charge in [0.2, 0.25) is 0 Å². The zero-order valence-corrected chi connectivity index (χ0v) is 48.1. The highest BCUT2D eigenvalue weighted by Crippen LogP contribution is 2.43. The Morgan fingerprint density at radius 3 is 1.36 bits per heavy atom. The van der Waals surface area contributed by atoms with Crippen LogP contribution in [0.5, 0.6) is 0 Å². The van der Waals surface area contributed by atoms with Gasteiger partial charge in [0.25, 0.3) is 0 Å². The summed E-state index contributed by atoms with van der Waals surface area (Å²) in [6, 6.07) is 0. The lowest BCUT2D eigenvalue weighted by molar-refractivity contribution is -0.147. The number of aliphatic carboxylic acids is 1. The van der Waals surface area contributed by atoms with E-state index in [1.807, 2.05) is 13.8 Å². The largest absolute Gasteiger partial charge is 0.481 e. The molecule has 390 valence electrons. The number of rotatable bonds is 29. The Balaban J connectivity index is 0.000000673.